The van der Waals surface area contributed by atoms with Gasteiger partial charge in [0.1, 0.15) is 0 Å². The van der Waals surface area contributed by atoms with E-state index in [1.165, 1.54) is 5.56 Å². The second-order valence-corrected chi connectivity index (χ2v) is 4.56. The first-order valence-electron chi connectivity index (χ1n) is 6.41. The Labute approximate surface area is 107 Å². The minimum absolute atomic E-state index is 0.161. The van der Waals surface area contributed by atoms with E-state index < -0.39 is 0 Å². The summed E-state index contributed by atoms with van der Waals surface area (Å²) >= 11 is 0. The Balaban J connectivity index is 2.13. The van der Waals surface area contributed by atoms with Crippen molar-refractivity contribution in [1.29, 1.82) is 0 Å². The molecule has 5 nitrogen and oxygen atoms in total. The van der Waals surface area contributed by atoms with Crippen LogP contribution in [0.5, 0.6) is 0 Å². The molecule has 0 amide bonds. The molecule has 98 valence electrons. The van der Waals surface area contributed by atoms with Gasteiger partial charge in [-0.05, 0) is 12.0 Å². The molecule has 0 spiro atoms. The molecular weight excluding hydrogens is 230 g/mol. The van der Waals surface area contributed by atoms with E-state index in [0.717, 1.165) is 32.6 Å². The van der Waals surface area contributed by atoms with Crippen molar-refractivity contribution in [2.75, 3.05) is 26.2 Å². The van der Waals surface area contributed by atoms with Gasteiger partial charge >= 0.3 is 0 Å². The van der Waals surface area contributed by atoms with E-state index in [2.05, 4.69) is 17.1 Å². The molecule has 0 radical (unpaired) electrons. The van der Waals surface area contributed by atoms with Gasteiger partial charge in [-0.3, -0.25) is 15.0 Å². The van der Waals surface area contributed by atoms with Crippen molar-refractivity contribution < 1.29 is 4.92 Å². The van der Waals surface area contributed by atoms with Crippen LogP contribution in [0.1, 0.15) is 24.9 Å². The third-order valence-electron chi connectivity index (χ3n) is 3.47. The molecule has 0 saturated carbocycles. The molecule has 0 unspecified atom stereocenters. The summed E-state index contributed by atoms with van der Waals surface area (Å²) in [4.78, 5) is 12.7. The highest BCUT2D eigenvalue weighted by atomic mass is 16.6. The van der Waals surface area contributed by atoms with Crippen LogP contribution in [0.4, 0.5) is 5.69 Å². The van der Waals surface area contributed by atoms with Crippen molar-refractivity contribution >= 4 is 5.69 Å². The third kappa shape index (κ3) is 2.86. The van der Waals surface area contributed by atoms with Gasteiger partial charge in [0.25, 0.3) is 5.69 Å². The smallest absolute Gasteiger partial charge is 0.269 e. The molecule has 5 heteroatoms. The van der Waals surface area contributed by atoms with Crippen molar-refractivity contribution in [2.45, 2.75) is 19.4 Å². The zero-order chi connectivity index (χ0) is 13.0. The molecule has 18 heavy (non-hydrogen) atoms. The molecule has 1 aliphatic rings. The lowest BCUT2D eigenvalue weighted by atomic mass is 10.0. The van der Waals surface area contributed by atoms with Gasteiger partial charge in [0, 0.05) is 44.4 Å². The molecule has 2 rings (SSSR count). The molecule has 1 atom stereocenters. The predicted octanol–water partition coefficient (Wildman–Crippen LogP) is 1.95. The highest BCUT2D eigenvalue weighted by Crippen LogP contribution is 2.26. The molecule has 1 aliphatic heterocycles. The fourth-order valence-electron chi connectivity index (χ4n) is 2.52. The van der Waals surface area contributed by atoms with Crippen LogP contribution in [0, 0.1) is 10.1 Å². The predicted molar refractivity (Wildman–Crippen MR) is 70.6 cm³/mol. The van der Waals surface area contributed by atoms with Crippen molar-refractivity contribution in [3.8, 4) is 0 Å². The van der Waals surface area contributed by atoms with Crippen molar-refractivity contribution in [3.63, 3.8) is 0 Å². The SMILES string of the molecule is CC[C@@H](c1ccc([N+](=O)[O-])cc1)N1CCNCC1. The number of nitrogens with one attached hydrogen (secondary N) is 1. The first kappa shape index (κ1) is 13.0. The Kier molecular flexibility index (Phi) is 4.28. The van der Waals surface area contributed by atoms with Gasteiger partial charge in [0.15, 0.2) is 0 Å². The Morgan fingerprint density at radius 1 is 1.33 bits per heavy atom. The number of non-ortho nitro benzene ring substituents is 1. The standard InChI is InChI=1S/C13H19N3O2/c1-2-13(15-9-7-14-8-10-15)11-3-5-12(6-4-11)16(17)18/h3-6,13-14H,2,7-10H2,1H3/t13-/m0/s1. The molecule has 0 aliphatic carbocycles. The van der Waals surface area contributed by atoms with Crippen LogP contribution in [0.15, 0.2) is 24.3 Å². The molecule has 1 fully saturated rings. The number of benzene rings is 1. The van der Waals surface area contributed by atoms with Gasteiger partial charge < -0.3 is 5.32 Å². The summed E-state index contributed by atoms with van der Waals surface area (Å²) in [6.07, 6.45) is 1.03. The van der Waals surface area contributed by atoms with Crippen LogP contribution in [-0.2, 0) is 0 Å². The third-order valence-corrected chi connectivity index (χ3v) is 3.47. The largest absolute Gasteiger partial charge is 0.314 e. The highest BCUT2D eigenvalue weighted by molar-refractivity contribution is 5.34. The maximum atomic E-state index is 10.6. The van der Waals surface area contributed by atoms with Gasteiger partial charge in [0.2, 0.25) is 0 Å². The van der Waals surface area contributed by atoms with Crippen LogP contribution in [0.3, 0.4) is 0 Å². The summed E-state index contributed by atoms with van der Waals surface area (Å²) in [7, 11) is 0. The average molecular weight is 249 g/mol. The lowest BCUT2D eigenvalue weighted by molar-refractivity contribution is -0.384. The van der Waals surface area contributed by atoms with Crippen molar-refractivity contribution in [2.24, 2.45) is 0 Å². The van der Waals surface area contributed by atoms with Gasteiger partial charge in [0.05, 0.1) is 4.92 Å². The molecular formula is C13H19N3O2. The zero-order valence-electron chi connectivity index (χ0n) is 10.6. The summed E-state index contributed by atoms with van der Waals surface area (Å²) in [5, 5.41) is 14.0. The van der Waals surface area contributed by atoms with E-state index >= 15 is 0 Å². The number of hydrogen-bond donors (Lipinski definition) is 1. The number of hydrogen-bond acceptors (Lipinski definition) is 4. The number of rotatable bonds is 4. The van der Waals surface area contributed by atoms with Crippen LogP contribution in [0.25, 0.3) is 0 Å². The van der Waals surface area contributed by atoms with Crippen molar-refractivity contribution in [1.82, 2.24) is 10.2 Å². The molecule has 1 aromatic carbocycles. The van der Waals surface area contributed by atoms with Crippen LogP contribution < -0.4 is 5.32 Å². The number of nitro groups is 1. The van der Waals surface area contributed by atoms with E-state index in [1.807, 2.05) is 12.1 Å². The maximum absolute atomic E-state index is 10.6. The minimum Gasteiger partial charge on any atom is -0.314 e. The normalized spacial score (nSPS) is 18.5. The maximum Gasteiger partial charge on any atom is 0.269 e. The first-order valence-corrected chi connectivity index (χ1v) is 6.41. The monoisotopic (exact) mass is 249 g/mol. The van der Waals surface area contributed by atoms with Gasteiger partial charge in [-0.1, -0.05) is 19.1 Å². The zero-order valence-corrected chi connectivity index (χ0v) is 10.6. The topological polar surface area (TPSA) is 58.4 Å². The number of nitro benzene ring substituents is 1. The molecule has 1 saturated heterocycles. The summed E-state index contributed by atoms with van der Waals surface area (Å²) in [6, 6.07) is 7.33. The number of nitrogens with zero attached hydrogens (tertiary/aromatic N) is 2. The fraction of sp³-hybridized carbons (Fsp3) is 0.538. The van der Waals surface area contributed by atoms with Crippen LogP contribution >= 0.6 is 0 Å². The fourth-order valence-corrected chi connectivity index (χ4v) is 2.52. The van der Waals surface area contributed by atoms with E-state index in [9.17, 15) is 10.1 Å². The lowest BCUT2D eigenvalue weighted by Gasteiger charge is -2.34. The summed E-state index contributed by atoms with van der Waals surface area (Å²) in [6.45, 7) is 6.27. The van der Waals surface area contributed by atoms with E-state index in [1.54, 1.807) is 12.1 Å². The lowest BCUT2D eigenvalue weighted by Crippen LogP contribution is -2.45. The Morgan fingerprint density at radius 2 is 1.94 bits per heavy atom. The van der Waals surface area contributed by atoms with Crippen LogP contribution in [0.2, 0.25) is 0 Å². The molecule has 1 aromatic rings. The minimum atomic E-state index is -0.352. The van der Waals surface area contributed by atoms with E-state index in [0.29, 0.717) is 6.04 Å². The quantitative estimate of drug-likeness (QED) is 0.654. The average Bonchev–Trinajstić information content (AvgIpc) is 2.41. The second kappa shape index (κ2) is 5.93. The Hall–Kier alpha value is -1.46. The van der Waals surface area contributed by atoms with Crippen molar-refractivity contribution in [3.05, 3.63) is 39.9 Å². The van der Waals surface area contributed by atoms with E-state index in [4.69, 9.17) is 0 Å². The van der Waals surface area contributed by atoms with E-state index in [-0.39, 0.29) is 10.6 Å². The van der Waals surface area contributed by atoms with Crippen LogP contribution in [-0.4, -0.2) is 36.0 Å². The highest BCUT2D eigenvalue weighted by Gasteiger charge is 2.20. The molecule has 1 heterocycles. The van der Waals surface area contributed by atoms with Gasteiger partial charge in [-0.25, -0.2) is 0 Å². The summed E-state index contributed by atoms with van der Waals surface area (Å²) in [5.41, 5.74) is 1.33. The summed E-state index contributed by atoms with van der Waals surface area (Å²) < 4.78 is 0. The number of piperazine rings is 1. The van der Waals surface area contributed by atoms with Gasteiger partial charge in [-0.15, -0.1) is 0 Å². The molecule has 0 bridgehead atoms. The van der Waals surface area contributed by atoms with Gasteiger partial charge in [-0.2, -0.15) is 0 Å². The second-order valence-electron chi connectivity index (χ2n) is 4.56. The molecule has 1 N–H and O–H groups in total. The first-order chi connectivity index (χ1) is 8.72. The molecule has 0 aromatic heterocycles. The Bertz CT molecular complexity index is 399. The summed E-state index contributed by atoms with van der Waals surface area (Å²) in [5.74, 6) is 0. The Morgan fingerprint density at radius 3 is 2.44 bits per heavy atom.